The van der Waals surface area contributed by atoms with Crippen LogP contribution in [0.4, 0.5) is 4.39 Å². The van der Waals surface area contributed by atoms with Crippen LogP contribution in [0.5, 0.6) is 0 Å². The lowest BCUT2D eigenvalue weighted by atomic mass is 10.2. The molecule has 2 aliphatic heterocycles. The molecule has 120 valence electrons. The van der Waals surface area contributed by atoms with E-state index in [4.69, 9.17) is 0 Å². The average Bonchev–Trinajstić information content (AvgIpc) is 3.12. The maximum absolute atomic E-state index is 13.1. The van der Waals surface area contributed by atoms with Gasteiger partial charge in [-0.2, -0.15) is 0 Å². The highest BCUT2D eigenvalue weighted by Gasteiger charge is 2.36. The number of carbonyl (C=O) groups excluding carboxylic acids is 1. The lowest BCUT2D eigenvalue weighted by Gasteiger charge is -2.33. The Morgan fingerprint density at radius 1 is 1.22 bits per heavy atom. The first-order chi connectivity index (χ1) is 11.1. The maximum Gasteiger partial charge on any atom is 0.293 e. The van der Waals surface area contributed by atoms with Gasteiger partial charge in [-0.05, 0) is 37.6 Å². The summed E-state index contributed by atoms with van der Waals surface area (Å²) in [7, 11) is 0. The first-order valence-corrected chi connectivity index (χ1v) is 7.85. The standard InChI is InChI=1S/C16H18FN5O/c1-11-18-15(19-22(11)13-4-2-12(17)3-5-13)16(23)21-9-8-20-7-6-14(21)10-20/h2-5,14H,6-10H2,1H3. The van der Waals surface area contributed by atoms with Crippen molar-refractivity contribution in [2.75, 3.05) is 26.2 Å². The number of amides is 1. The molecule has 2 unspecified atom stereocenters. The van der Waals surface area contributed by atoms with E-state index in [1.165, 1.54) is 12.1 Å². The fourth-order valence-corrected chi connectivity index (χ4v) is 3.40. The minimum atomic E-state index is -0.304. The fraction of sp³-hybridized carbons (Fsp3) is 0.438. The number of aromatic nitrogens is 3. The van der Waals surface area contributed by atoms with Crippen LogP contribution in [0.2, 0.25) is 0 Å². The Morgan fingerprint density at radius 3 is 2.78 bits per heavy atom. The highest BCUT2D eigenvalue weighted by molar-refractivity contribution is 5.90. The molecule has 3 heterocycles. The molecule has 1 aromatic carbocycles. The number of benzene rings is 1. The van der Waals surface area contributed by atoms with Gasteiger partial charge >= 0.3 is 0 Å². The molecule has 1 amide bonds. The largest absolute Gasteiger partial charge is 0.330 e. The zero-order valence-electron chi connectivity index (χ0n) is 12.9. The summed E-state index contributed by atoms with van der Waals surface area (Å²) in [5.41, 5.74) is 0.695. The van der Waals surface area contributed by atoms with Crippen molar-refractivity contribution in [2.45, 2.75) is 19.4 Å². The molecule has 0 aliphatic carbocycles. The third kappa shape index (κ3) is 2.50. The van der Waals surface area contributed by atoms with Gasteiger partial charge in [-0.1, -0.05) is 0 Å². The summed E-state index contributed by atoms with van der Waals surface area (Å²) in [6, 6.07) is 6.27. The van der Waals surface area contributed by atoms with Gasteiger partial charge in [-0.15, -0.1) is 5.10 Å². The number of aryl methyl sites for hydroxylation is 1. The number of halogens is 1. The van der Waals surface area contributed by atoms with Crippen LogP contribution in [-0.2, 0) is 0 Å². The number of hydrogen-bond acceptors (Lipinski definition) is 4. The zero-order valence-corrected chi connectivity index (χ0v) is 12.9. The summed E-state index contributed by atoms with van der Waals surface area (Å²) in [6.07, 6.45) is 1.02. The minimum absolute atomic E-state index is 0.111. The van der Waals surface area contributed by atoms with Crippen molar-refractivity contribution in [3.63, 3.8) is 0 Å². The second kappa shape index (κ2) is 5.42. The molecular formula is C16H18FN5O. The van der Waals surface area contributed by atoms with Crippen LogP contribution in [0.25, 0.3) is 5.69 Å². The molecule has 0 spiro atoms. The smallest absolute Gasteiger partial charge is 0.293 e. The normalized spacial score (nSPS) is 23.3. The van der Waals surface area contributed by atoms with E-state index in [1.54, 1.807) is 23.7 Å². The van der Waals surface area contributed by atoms with Crippen molar-refractivity contribution >= 4 is 5.91 Å². The summed E-state index contributed by atoms with van der Waals surface area (Å²) in [4.78, 5) is 21.3. The minimum Gasteiger partial charge on any atom is -0.330 e. The van der Waals surface area contributed by atoms with Gasteiger partial charge in [0.15, 0.2) is 0 Å². The Balaban J connectivity index is 1.61. The van der Waals surface area contributed by atoms with Crippen LogP contribution in [0.1, 0.15) is 22.9 Å². The number of fused-ring (bicyclic) bond motifs is 2. The van der Waals surface area contributed by atoms with Gasteiger partial charge in [0.1, 0.15) is 11.6 Å². The Kier molecular flexibility index (Phi) is 3.37. The summed E-state index contributed by atoms with van der Waals surface area (Å²) in [5.74, 6) is 0.416. The van der Waals surface area contributed by atoms with Gasteiger partial charge in [-0.3, -0.25) is 9.69 Å². The maximum atomic E-state index is 13.1. The van der Waals surface area contributed by atoms with Gasteiger partial charge in [0.05, 0.1) is 5.69 Å². The molecule has 4 rings (SSSR count). The molecule has 2 atom stereocenters. The van der Waals surface area contributed by atoms with E-state index >= 15 is 0 Å². The molecule has 2 bridgehead atoms. The van der Waals surface area contributed by atoms with Crippen LogP contribution >= 0.6 is 0 Å². The van der Waals surface area contributed by atoms with Gasteiger partial charge in [0.2, 0.25) is 5.82 Å². The molecule has 7 heteroatoms. The highest BCUT2D eigenvalue weighted by Crippen LogP contribution is 2.22. The van der Waals surface area contributed by atoms with Crippen molar-refractivity contribution in [2.24, 2.45) is 0 Å². The van der Waals surface area contributed by atoms with Gasteiger partial charge < -0.3 is 4.90 Å². The Labute approximate surface area is 133 Å². The molecule has 2 aromatic rings. The van der Waals surface area contributed by atoms with E-state index in [1.807, 2.05) is 4.90 Å². The molecule has 2 saturated heterocycles. The Hall–Kier alpha value is -2.28. The topological polar surface area (TPSA) is 54.3 Å². The summed E-state index contributed by atoms with van der Waals surface area (Å²) >= 11 is 0. The van der Waals surface area contributed by atoms with Crippen LogP contribution in [-0.4, -0.2) is 62.7 Å². The van der Waals surface area contributed by atoms with Crippen LogP contribution in [0.3, 0.4) is 0 Å². The molecule has 23 heavy (non-hydrogen) atoms. The van der Waals surface area contributed by atoms with Gasteiger partial charge in [0.25, 0.3) is 5.91 Å². The van der Waals surface area contributed by atoms with E-state index in [0.29, 0.717) is 11.5 Å². The van der Waals surface area contributed by atoms with Crippen molar-refractivity contribution in [3.8, 4) is 5.69 Å². The molecule has 0 radical (unpaired) electrons. The third-order valence-electron chi connectivity index (χ3n) is 4.64. The van der Waals surface area contributed by atoms with Crippen molar-refractivity contribution in [1.29, 1.82) is 0 Å². The second-order valence-corrected chi connectivity index (χ2v) is 6.11. The number of nitrogens with zero attached hydrogens (tertiary/aromatic N) is 5. The fourth-order valence-electron chi connectivity index (χ4n) is 3.40. The van der Waals surface area contributed by atoms with Gasteiger partial charge in [0, 0.05) is 32.2 Å². The van der Waals surface area contributed by atoms with E-state index < -0.39 is 0 Å². The van der Waals surface area contributed by atoms with E-state index in [-0.39, 0.29) is 23.6 Å². The lowest BCUT2D eigenvalue weighted by molar-refractivity contribution is 0.0597. The molecule has 2 aliphatic rings. The number of carbonyl (C=O) groups is 1. The van der Waals surface area contributed by atoms with E-state index in [2.05, 4.69) is 15.0 Å². The van der Waals surface area contributed by atoms with Crippen molar-refractivity contribution in [1.82, 2.24) is 24.6 Å². The summed E-state index contributed by atoms with van der Waals surface area (Å²) < 4.78 is 14.6. The summed E-state index contributed by atoms with van der Waals surface area (Å²) in [5, 5.41) is 4.35. The molecule has 2 fully saturated rings. The monoisotopic (exact) mass is 315 g/mol. The zero-order chi connectivity index (χ0) is 16.0. The number of rotatable bonds is 2. The quantitative estimate of drug-likeness (QED) is 0.837. The van der Waals surface area contributed by atoms with Crippen molar-refractivity contribution < 1.29 is 9.18 Å². The number of hydrogen-bond donors (Lipinski definition) is 0. The average molecular weight is 315 g/mol. The summed E-state index contributed by atoms with van der Waals surface area (Å²) in [6.45, 7) is 5.45. The first kappa shape index (κ1) is 14.3. The predicted octanol–water partition coefficient (Wildman–Crippen LogP) is 1.24. The molecular weight excluding hydrogens is 297 g/mol. The van der Waals surface area contributed by atoms with Crippen LogP contribution in [0, 0.1) is 12.7 Å². The molecule has 0 saturated carbocycles. The first-order valence-electron chi connectivity index (χ1n) is 7.85. The van der Waals surface area contributed by atoms with E-state index in [0.717, 1.165) is 32.6 Å². The van der Waals surface area contributed by atoms with Crippen molar-refractivity contribution in [3.05, 3.63) is 41.7 Å². The third-order valence-corrected chi connectivity index (χ3v) is 4.64. The van der Waals surface area contributed by atoms with Crippen LogP contribution < -0.4 is 0 Å². The molecule has 6 nitrogen and oxygen atoms in total. The van der Waals surface area contributed by atoms with Gasteiger partial charge in [-0.25, -0.2) is 14.1 Å². The second-order valence-electron chi connectivity index (χ2n) is 6.11. The molecule has 0 N–H and O–H groups in total. The highest BCUT2D eigenvalue weighted by atomic mass is 19.1. The SMILES string of the molecule is Cc1nc(C(=O)N2CCN3CCC2C3)nn1-c1ccc(F)cc1. The lowest BCUT2D eigenvalue weighted by Crippen LogP contribution is -2.49. The van der Waals surface area contributed by atoms with E-state index in [9.17, 15) is 9.18 Å². The number of piperazine rings is 1. The molecule has 1 aromatic heterocycles. The Bertz CT molecular complexity index is 741. The van der Waals surface area contributed by atoms with Crippen LogP contribution in [0.15, 0.2) is 24.3 Å². The Morgan fingerprint density at radius 2 is 2.00 bits per heavy atom. The predicted molar refractivity (Wildman–Crippen MR) is 81.9 cm³/mol.